The average Bonchev–Trinajstić information content (AvgIpc) is 2.33. The van der Waals surface area contributed by atoms with E-state index in [2.05, 4.69) is 31.2 Å². The van der Waals surface area contributed by atoms with E-state index in [0.29, 0.717) is 11.7 Å². The van der Waals surface area contributed by atoms with E-state index in [9.17, 15) is 5.11 Å². The lowest BCUT2D eigenvalue weighted by molar-refractivity contribution is 0.459. The molecule has 0 heterocycles. The van der Waals surface area contributed by atoms with Crippen molar-refractivity contribution < 1.29 is 5.11 Å². The number of aromatic hydroxyl groups is 1. The number of rotatable bonds is 4. The van der Waals surface area contributed by atoms with Crippen molar-refractivity contribution in [3.63, 3.8) is 0 Å². The zero-order chi connectivity index (χ0) is 12.1. The lowest BCUT2D eigenvalue weighted by atomic mass is 9.94. The van der Waals surface area contributed by atoms with E-state index >= 15 is 0 Å². The van der Waals surface area contributed by atoms with E-state index < -0.39 is 0 Å². The molecule has 88 valence electrons. The number of hydrogen-bond donors (Lipinski definition) is 1. The minimum atomic E-state index is 0.410. The van der Waals surface area contributed by atoms with E-state index in [4.69, 9.17) is 0 Å². The Morgan fingerprint density at radius 3 is 2.24 bits per heavy atom. The molecule has 0 unspecified atom stereocenters. The summed E-state index contributed by atoms with van der Waals surface area (Å²) in [6.07, 6.45) is 1.97. The van der Waals surface area contributed by atoms with Gasteiger partial charge >= 0.3 is 0 Å². The fourth-order valence-electron chi connectivity index (χ4n) is 2.15. The van der Waals surface area contributed by atoms with Gasteiger partial charge in [0.2, 0.25) is 0 Å². The summed E-state index contributed by atoms with van der Waals surface area (Å²) in [4.78, 5) is 0. The zero-order valence-electron chi connectivity index (χ0n) is 10.1. The summed E-state index contributed by atoms with van der Waals surface area (Å²) in [5.41, 5.74) is 2.39. The largest absolute Gasteiger partial charge is 0.508 e. The zero-order valence-corrected chi connectivity index (χ0v) is 10.1. The summed E-state index contributed by atoms with van der Waals surface area (Å²) < 4.78 is 0. The fourth-order valence-corrected chi connectivity index (χ4v) is 2.15. The molecule has 0 aromatic heterocycles. The Kier molecular flexibility index (Phi) is 3.81. The number of benzene rings is 2. The first kappa shape index (κ1) is 11.7. The third-order valence-corrected chi connectivity index (χ3v) is 2.99. The molecule has 0 aliphatic rings. The lowest BCUT2D eigenvalue weighted by Crippen LogP contribution is -2.03. The van der Waals surface area contributed by atoms with Crippen LogP contribution in [0.5, 0.6) is 5.75 Å². The van der Waals surface area contributed by atoms with Gasteiger partial charge in [0.25, 0.3) is 0 Å². The Bertz CT molecular complexity index is 462. The number of hydrogen-bond acceptors (Lipinski definition) is 1. The third-order valence-electron chi connectivity index (χ3n) is 2.99. The maximum absolute atomic E-state index is 9.73. The molecule has 1 N–H and O–H groups in total. The van der Waals surface area contributed by atoms with Gasteiger partial charge in [-0.25, -0.2) is 0 Å². The first-order valence-electron chi connectivity index (χ1n) is 6.06. The normalized spacial score (nSPS) is 12.3. The van der Waals surface area contributed by atoms with Crippen molar-refractivity contribution in [1.29, 1.82) is 0 Å². The van der Waals surface area contributed by atoms with Crippen LogP contribution < -0.4 is 0 Å². The van der Waals surface area contributed by atoms with Crippen molar-refractivity contribution in [1.82, 2.24) is 0 Å². The molecule has 1 heteroatoms. The van der Waals surface area contributed by atoms with Crippen LogP contribution in [0.4, 0.5) is 0 Å². The Labute approximate surface area is 103 Å². The van der Waals surface area contributed by atoms with E-state index in [1.165, 1.54) is 5.56 Å². The molecule has 1 nitrogen and oxygen atoms in total. The highest BCUT2D eigenvalue weighted by Crippen LogP contribution is 2.21. The standard InChI is InChI=1S/C16H18O/c1-13(11-14-7-3-2-4-8-14)12-15-9-5-6-10-16(15)17/h2-10,13,17H,11-12H2,1H3/t13-/m0/s1. The van der Waals surface area contributed by atoms with Gasteiger partial charge in [-0.1, -0.05) is 55.5 Å². The molecule has 0 saturated heterocycles. The molecule has 2 aromatic rings. The van der Waals surface area contributed by atoms with Gasteiger partial charge < -0.3 is 5.11 Å². The molecule has 0 radical (unpaired) electrons. The summed E-state index contributed by atoms with van der Waals surface area (Å²) in [7, 11) is 0. The highest BCUT2D eigenvalue weighted by molar-refractivity contribution is 5.32. The van der Waals surface area contributed by atoms with Crippen LogP contribution in [0.15, 0.2) is 54.6 Å². The fraction of sp³-hybridized carbons (Fsp3) is 0.250. The van der Waals surface area contributed by atoms with E-state index in [1.54, 1.807) is 6.07 Å². The highest BCUT2D eigenvalue weighted by Gasteiger charge is 2.07. The van der Waals surface area contributed by atoms with Gasteiger partial charge in [0.15, 0.2) is 0 Å². The molecular formula is C16H18O. The van der Waals surface area contributed by atoms with Gasteiger partial charge in [-0.15, -0.1) is 0 Å². The summed E-state index contributed by atoms with van der Waals surface area (Å²) in [5, 5.41) is 9.73. The Balaban J connectivity index is 1.98. The topological polar surface area (TPSA) is 20.2 Å². The van der Waals surface area contributed by atoms with Crippen LogP contribution in [0.1, 0.15) is 18.1 Å². The second-order valence-corrected chi connectivity index (χ2v) is 4.63. The first-order chi connectivity index (χ1) is 8.25. The molecule has 1 atom stereocenters. The van der Waals surface area contributed by atoms with E-state index in [-0.39, 0.29) is 0 Å². The van der Waals surface area contributed by atoms with Crippen LogP contribution in [0.2, 0.25) is 0 Å². The second-order valence-electron chi connectivity index (χ2n) is 4.63. The van der Waals surface area contributed by atoms with Gasteiger partial charge in [-0.05, 0) is 36.0 Å². The van der Waals surface area contributed by atoms with Crippen molar-refractivity contribution >= 4 is 0 Å². The Morgan fingerprint density at radius 2 is 1.53 bits per heavy atom. The van der Waals surface area contributed by atoms with Crippen LogP contribution in [0, 0.1) is 5.92 Å². The summed E-state index contributed by atoms with van der Waals surface area (Å²) >= 11 is 0. The number of phenols is 1. The first-order valence-corrected chi connectivity index (χ1v) is 6.06. The third kappa shape index (κ3) is 3.35. The van der Waals surface area contributed by atoms with Gasteiger partial charge in [-0.2, -0.15) is 0 Å². The predicted octanol–water partition coefficient (Wildman–Crippen LogP) is 3.81. The predicted molar refractivity (Wildman–Crippen MR) is 71.1 cm³/mol. The van der Waals surface area contributed by atoms with Crippen LogP contribution >= 0.6 is 0 Å². The second kappa shape index (κ2) is 5.53. The average molecular weight is 226 g/mol. The maximum atomic E-state index is 9.73. The molecule has 17 heavy (non-hydrogen) atoms. The lowest BCUT2D eigenvalue weighted by Gasteiger charge is -2.12. The minimum absolute atomic E-state index is 0.410. The van der Waals surface area contributed by atoms with Gasteiger partial charge in [0.1, 0.15) is 5.75 Å². The smallest absolute Gasteiger partial charge is 0.118 e. The molecule has 0 saturated carbocycles. The summed E-state index contributed by atoms with van der Waals surface area (Å²) in [6.45, 7) is 2.22. The Morgan fingerprint density at radius 1 is 0.882 bits per heavy atom. The molecule has 0 aliphatic heterocycles. The highest BCUT2D eigenvalue weighted by atomic mass is 16.3. The minimum Gasteiger partial charge on any atom is -0.508 e. The van der Waals surface area contributed by atoms with Gasteiger partial charge in [0, 0.05) is 0 Å². The quantitative estimate of drug-likeness (QED) is 0.840. The van der Waals surface area contributed by atoms with Crippen molar-refractivity contribution in [2.75, 3.05) is 0 Å². The Hall–Kier alpha value is -1.76. The molecule has 2 rings (SSSR count). The molecule has 0 fully saturated rings. The van der Waals surface area contributed by atoms with E-state index in [0.717, 1.165) is 18.4 Å². The summed E-state index contributed by atoms with van der Waals surface area (Å²) in [6, 6.07) is 18.1. The number of para-hydroxylation sites is 1. The van der Waals surface area contributed by atoms with Crippen molar-refractivity contribution in [3.8, 4) is 5.75 Å². The molecule has 0 spiro atoms. The van der Waals surface area contributed by atoms with Crippen molar-refractivity contribution in [2.24, 2.45) is 5.92 Å². The van der Waals surface area contributed by atoms with Crippen LogP contribution in [-0.2, 0) is 12.8 Å². The van der Waals surface area contributed by atoms with Crippen LogP contribution in [0.25, 0.3) is 0 Å². The molecule has 0 bridgehead atoms. The molecule has 0 amide bonds. The van der Waals surface area contributed by atoms with Crippen LogP contribution in [0.3, 0.4) is 0 Å². The van der Waals surface area contributed by atoms with E-state index in [1.807, 2.05) is 24.3 Å². The van der Waals surface area contributed by atoms with Crippen LogP contribution in [-0.4, -0.2) is 5.11 Å². The summed E-state index contributed by atoms with van der Waals surface area (Å²) in [5.74, 6) is 0.943. The molecule has 0 aliphatic carbocycles. The monoisotopic (exact) mass is 226 g/mol. The van der Waals surface area contributed by atoms with Crippen molar-refractivity contribution in [2.45, 2.75) is 19.8 Å². The molecule has 2 aromatic carbocycles. The molecular weight excluding hydrogens is 208 g/mol. The number of phenolic OH excluding ortho intramolecular Hbond substituents is 1. The van der Waals surface area contributed by atoms with Crippen molar-refractivity contribution in [3.05, 3.63) is 65.7 Å². The maximum Gasteiger partial charge on any atom is 0.118 e. The van der Waals surface area contributed by atoms with Gasteiger partial charge in [0.05, 0.1) is 0 Å². The SMILES string of the molecule is C[C@@H](Cc1ccccc1)Cc1ccccc1O. The van der Waals surface area contributed by atoms with Gasteiger partial charge in [-0.3, -0.25) is 0 Å².